The second-order valence-corrected chi connectivity index (χ2v) is 11.9. The number of rotatable bonds is 5. The third-order valence-electron chi connectivity index (χ3n) is 6.00. The largest absolute Gasteiger partial charge is 0.311 e. The molecule has 1 amide bonds. The summed E-state index contributed by atoms with van der Waals surface area (Å²) in [6.07, 6.45) is 3.28. The Morgan fingerprint density at radius 3 is 2.58 bits per heavy atom. The summed E-state index contributed by atoms with van der Waals surface area (Å²) in [7, 11) is -3.77. The van der Waals surface area contributed by atoms with Crippen LogP contribution in [0.2, 0.25) is 10.0 Å². The number of fused-ring (bicyclic) bond motifs is 2. The summed E-state index contributed by atoms with van der Waals surface area (Å²) in [5.74, 6) is -0.492. The molecule has 0 spiro atoms. The van der Waals surface area contributed by atoms with Gasteiger partial charge in [0.1, 0.15) is 0 Å². The zero-order chi connectivity index (χ0) is 25.4. The van der Waals surface area contributed by atoms with Gasteiger partial charge in [0.15, 0.2) is 4.80 Å². The summed E-state index contributed by atoms with van der Waals surface area (Å²) >= 11 is 13.9. The van der Waals surface area contributed by atoms with Crippen LogP contribution in [0.1, 0.15) is 22.3 Å². The summed E-state index contributed by atoms with van der Waals surface area (Å²) in [6, 6.07) is 16.9. The van der Waals surface area contributed by atoms with E-state index in [0.29, 0.717) is 39.1 Å². The molecule has 1 aliphatic rings. The zero-order valence-electron chi connectivity index (χ0n) is 19.0. The predicted molar refractivity (Wildman–Crippen MR) is 146 cm³/mol. The number of halogens is 2. The lowest BCUT2D eigenvalue weighted by Gasteiger charge is -2.30. The molecular weight excluding hydrogens is 537 g/mol. The number of amides is 1. The molecule has 1 aromatic heterocycles. The standard InChI is InChI=1S/C26H21Cl2N3O3S2/c1-2-15-30-24-22(14-13-20(27)23(24)28)35-26(30)29-25(32)18-9-11-19(12-10-18)36(33,34)31-16-5-7-17-6-3-4-8-21(17)31/h2-4,6,8-14H,1,5,7,15-16H2. The van der Waals surface area contributed by atoms with Crippen LogP contribution in [0.4, 0.5) is 5.69 Å². The summed E-state index contributed by atoms with van der Waals surface area (Å²) in [5.41, 5.74) is 2.67. The van der Waals surface area contributed by atoms with Crippen molar-refractivity contribution in [1.82, 2.24) is 4.57 Å². The minimum Gasteiger partial charge on any atom is -0.311 e. The maximum atomic E-state index is 13.4. The van der Waals surface area contributed by atoms with E-state index >= 15 is 0 Å². The van der Waals surface area contributed by atoms with E-state index in [1.54, 1.807) is 16.7 Å². The number of hydrogen-bond acceptors (Lipinski definition) is 4. The first-order valence-electron chi connectivity index (χ1n) is 11.2. The van der Waals surface area contributed by atoms with Crippen LogP contribution >= 0.6 is 34.5 Å². The Balaban J connectivity index is 1.49. The zero-order valence-corrected chi connectivity index (χ0v) is 22.2. The minimum atomic E-state index is -3.77. The maximum absolute atomic E-state index is 13.4. The first-order chi connectivity index (χ1) is 17.3. The van der Waals surface area contributed by atoms with E-state index in [-0.39, 0.29) is 10.5 Å². The SMILES string of the molecule is C=CCn1c(=NC(=O)c2ccc(S(=O)(=O)N3CCCc4ccccc43)cc2)sc2ccc(Cl)c(Cl)c21. The number of benzene rings is 3. The number of allylic oxidation sites excluding steroid dienone is 1. The minimum absolute atomic E-state index is 0.126. The van der Waals surface area contributed by atoms with Crippen LogP contribution < -0.4 is 9.11 Å². The third kappa shape index (κ3) is 4.39. The number of aryl methyl sites for hydroxylation is 1. The molecule has 0 atom stereocenters. The van der Waals surface area contributed by atoms with Gasteiger partial charge >= 0.3 is 0 Å². The molecule has 36 heavy (non-hydrogen) atoms. The van der Waals surface area contributed by atoms with Crippen LogP contribution in [0.25, 0.3) is 10.2 Å². The Morgan fingerprint density at radius 1 is 1.08 bits per heavy atom. The van der Waals surface area contributed by atoms with Gasteiger partial charge < -0.3 is 4.57 Å². The number of sulfonamides is 1. The highest BCUT2D eigenvalue weighted by Gasteiger charge is 2.29. The van der Waals surface area contributed by atoms with Crippen LogP contribution in [0.5, 0.6) is 0 Å². The van der Waals surface area contributed by atoms with Gasteiger partial charge in [0.2, 0.25) is 0 Å². The lowest BCUT2D eigenvalue weighted by atomic mass is 10.0. The Hall–Kier alpha value is -2.91. The smallest absolute Gasteiger partial charge is 0.279 e. The van der Waals surface area contributed by atoms with E-state index in [0.717, 1.165) is 23.1 Å². The van der Waals surface area contributed by atoms with Crippen molar-refractivity contribution in [2.75, 3.05) is 10.8 Å². The predicted octanol–water partition coefficient (Wildman–Crippen LogP) is 6.08. The molecule has 3 aromatic carbocycles. The maximum Gasteiger partial charge on any atom is 0.279 e. The number of nitrogens with zero attached hydrogens (tertiary/aromatic N) is 3. The highest BCUT2D eigenvalue weighted by molar-refractivity contribution is 7.92. The third-order valence-corrected chi connectivity index (χ3v) is 9.67. The highest BCUT2D eigenvalue weighted by atomic mass is 35.5. The fourth-order valence-electron chi connectivity index (χ4n) is 4.28. The van der Waals surface area contributed by atoms with E-state index in [1.165, 1.54) is 39.9 Å². The highest BCUT2D eigenvalue weighted by Crippen LogP contribution is 2.33. The van der Waals surface area contributed by atoms with Crippen molar-refractivity contribution in [2.45, 2.75) is 24.3 Å². The normalized spacial score (nSPS) is 14.2. The van der Waals surface area contributed by atoms with Gasteiger partial charge in [0.25, 0.3) is 15.9 Å². The molecule has 5 rings (SSSR count). The lowest BCUT2D eigenvalue weighted by Crippen LogP contribution is -2.35. The monoisotopic (exact) mass is 557 g/mol. The van der Waals surface area contributed by atoms with Gasteiger partial charge in [-0.3, -0.25) is 9.10 Å². The van der Waals surface area contributed by atoms with Crippen LogP contribution in [0.3, 0.4) is 0 Å². The van der Waals surface area contributed by atoms with E-state index in [4.69, 9.17) is 23.2 Å². The van der Waals surface area contributed by atoms with E-state index in [2.05, 4.69) is 11.6 Å². The van der Waals surface area contributed by atoms with Gasteiger partial charge in [-0.05, 0) is 60.9 Å². The fourth-order valence-corrected chi connectivity index (χ4v) is 7.35. The summed E-state index contributed by atoms with van der Waals surface area (Å²) in [5, 5.41) is 0.792. The molecule has 0 aliphatic carbocycles. The van der Waals surface area contributed by atoms with Crippen molar-refractivity contribution in [3.05, 3.63) is 99.3 Å². The van der Waals surface area contributed by atoms with E-state index < -0.39 is 15.9 Å². The van der Waals surface area contributed by atoms with Crippen molar-refractivity contribution in [3.63, 3.8) is 0 Å². The number of carbonyl (C=O) groups is 1. The number of para-hydroxylation sites is 1. The van der Waals surface area contributed by atoms with Gasteiger partial charge in [0.05, 0.1) is 30.8 Å². The van der Waals surface area contributed by atoms with Crippen molar-refractivity contribution in [2.24, 2.45) is 4.99 Å². The van der Waals surface area contributed by atoms with E-state index in [9.17, 15) is 13.2 Å². The average molecular weight is 559 g/mol. The first kappa shape index (κ1) is 24.8. The van der Waals surface area contributed by atoms with Crippen LogP contribution in [0.15, 0.2) is 83.2 Å². The quantitative estimate of drug-likeness (QED) is 0.279. The molecule has 10 heteroatoms. The van der Waals surface area contributed by atoms with Crippen LogP contribution in [-0.4, -0.2) is 25.4 Å². The second-order valence-electron chi connectivity index (χ2n) is 8.24. The Labute approximate surface area is 222 Å². The molecule has 0 radical (unpaired) electrons. The number of aromatic nitrogens is 1. The number of carbonyl (C=O) groups excluding carboxylic acids is 1. The van der Waals surface area contributed by atoms with Crippen LogP contribution in [-0.2, 0) is 23.0 Å². The molecule has 4 aromatic rings. The molecule has 2 heterocycles. The number of hydrogen-bond donors (Lipinski definition) is 0. The van der Waals surface area contributed by atoms with Gasteiger partial charge in [-0.1, -0.05) is 58.8 Å². The number of anilines is 1. The van der Waals surface area contributed by atoms with Crippen molar-refractivity contribution in [3.8, 4) is 0 Å². The van der Waals surface area contributed by atoms with Gasteiger partial charge in [0, 0.05) is 18.7 Å². The molecular formula is C26H21Cl2N3O3S2. The van der Waals surface area contributed by atoms with Gasteiger partial charge in [-0.15, -0.1) is 6.58 Å². The molecule has 0 saturated heterocycles. The first-order valence-corrected chi connectivity index (χ1v) is 14.2. The van der Waals surface area contributed by atoms with Gasteiger partial charge in [-0.2, -0.15) is 4.99 Å². The molecule has 0 saturated carbocycles. The molecule has 0 unspecified atom stereocenters. The summed E-state index contributed by atoms with van der Waals surface area (Å²) < 4.78 is 30.8. The molecule has 0 N–H and O–H groups in total. The van der Waals surface area contributed by atoms with Gasteiger partial charge in [-0.25, -0.2) is 8.42 Å². The summed E-state index contributed by atoms with van der Waals surface area (Å²) in [6.45, 7) is 4.58. The Bertz CT molecular complexity index is 1670. The molecule has 0 fully saturated rings. The number of thiazole rings is 1. The van der Waals surface area contributed by atoms with Crippen molar-refractivity contribution >= 4 is 66.4 Å². The molecule has 0 bridgehead atoms. The lowest BCUT2D eigenvalue weighted by molar-refractivity contribution is 0.0998. The van der Waals surface area contributed by atoms with Crippen molar-refractivity contribution in [1.29, 1.82) is 0 Å². The van der Waals surface area contributed by atoms with Crippen molar-refractivity contribution < 1.29 is 13.2 Å². The Morgan fingerprint density at radius 2 is 1.83 bits per heavy atom. The molecule has 1 aliphatic heterocycles. The second kappa shape index (κ2) is 9.86. The van der Waals surface area contributed by atoms with E-state index in [1.807, 2.05) is 30.3 Å². The fraction of sp³-hybridized carbons (Fsp3) is 0.154. The summed E-state index contributed by atoms with van der Waals surface area (Å²) in [4.78, 5) is 17.9. The molecule has 184 valence electrons. The Kier molecular flexibility index (Phi) is 6.78. The average Bonchev–Trinajstić information content (AvgIpc) is 3.23. The topological polar surface area (TPSA) is 71.7 Å². The van der Waals surface area contributed by atoms with Crippen LogP contribution in [0, 0.1) is 0 Å². The molecule has 6 nitrogen and oxygen atoms in total.